The molecule has 1 aromatic heterocycles. The fourth-order valence-corrected chi connectivity index (χ4v) is 2.18. The number of hydrogen-bond donors (Lipinski definition) is 2. The lowest BCUT2D eigenvalue weighted by atomic mass is 10.1. The summed E-state index contributed by atoms with van der Waals surface area (Å²) in [5.74, 6) is 0.727. The SMILES string of the molecule is CC(C)n1ccc(NC(=O)C2CCC(N)C2)n1. The van der Waals surface area contributed by atoms with E-state index >= 15 is 0 Å². The van der Waals surface area contributed by atoms with Gasteiger partial charge in [-0.3, -0.25) is 9.48 Å². The summed E-state index contributed by atoms with van der Waals surface area (Å²) in [6, 6.07) is 2.31. The molecule has 5 heteroatoms. The van der Waals surface area contributed by atoms with Crippen LogP contribution < -0.4 is 11.1 Å². The first-order chi connectivity index (χ1) is 8.06. The molecule has 94 valence electrons. The number of hydrogen-bond acceptors (Lipinski definition) is 3. The van der Waals surface area contributed by atoms with Gasteiger partial charge >= 0.3 is 0 Å². The van der Waals surface area contributed by atoms with Crippen LogP contribution in [-0.4, -0.2) is 21.7 Å². The van der Waals surface area contributed by atoms with Crippen LogP contribution in [-0.2, 0) is 4.79 Å². The Bertz CT molecular complexity index is 399. The second-order valence-corrected chi connectivity index (χ2v) is 5.03. The molecule has 0 bridgehead atoms. The highest BCUT2D eigenvalue weighted by Crippen LogP contribution is 2.25. The van der Waals surface area contributed by atoms with Gasteiger partial charge in [0.15, 0.2) is 5.82 Å². The number of rotatable bonds is 3. The predicted octanol–water partition coefficient (Wildman–Crippen LogP) is 1.53. The van der Waals surface area contributed by atoms with E-state index in [-0.39, 0.29) is 17.9 Å². The van der Waals surface area contributed by atoms with Crippen molar-refractivity contribution in [1.29, 1.82) is 0 Å². The number of nitrogens with two attached hydrogens (primary N) is 1. The predicted molar refractivity (Wildman–Crippen MR) is 66.6 cm³/mol. The molecule has 0 aliphatic heterocycles. The molecule has 2 unspecified atom stereocenters. The van der Waals surface area contributed by atoms with Gasteiger partial charge in [0.1, 0.15) is 0 Å². The third-order valence-corrected chi connectivity index (χ3v) is 3.23. The maximum atomic E-state index is 11.9. The van der Waals surface area contributed by atoms with E-state index in [9.17, 15) is 4.79 Å². The number of carbonyl (C=O) groups excluding carboxylic acids is 1. The summed E-state index contributed by atoms with van der Waals surface area (Å²) < 4.78 is 1.83. The van der Waals surface area contributed by atoms with E-state index < -0.39 is 0 Å². The summed E-state index contributed by atoms with van der Waals surface area (Å²) in [6.07, 6.45) is 4.49. The molecule has 0 radical (unpaired) electrons. The normalized spacial score (nSPS) is 24.2. The van der Waals surface area contributed by atoms with Gasteiger partial charge < -0.3 is 11.1 Å². The van der Waals surface area contributed by atoms with E-state index in [4.69, 9.17) is 5.73 Å². The van der Waals surface area contributed by atoms with Crippen molar-refractivity contribution in [3.63, 3.8) is 0 Å². The van der Waals surface area contributed by atoms with Crippen molar-refractivity contribution >= 4 is 11.7 Å². The lowest BCUT2D eigenvalue weighted by Gasteiger charge is -2.09. The molecule has 0 spiro atoms. The van der Waals surface area contributed by atoms with Gasteiger partial charge in [-0.25, -0.2) is 0 Å². The molecule has 2 atom stereocenters. The summed E-state index contributed by atoms with van der Waals surface area (Å²) in [5.41, 5.74) is 5.80. The van der Waals surface area contributed by atoms with Crippen molar-refractivity contribution < 1.29 is 4.79 Å². The second-order valence-electron chi connectivity index (χ2n) is 5.03. The van der Waals surface area contributed by atoms with Crippen LogP contribution in [0.2, 0.25) is 0 Å². The van der Waals surface area contributed by atoms with E-state index in [2.05, 4.69) is 24.3 Å². The van der Waals surface area contributed by atoms with Gasteiger partial charge in [0.2, 0.25) is 5.91 Å². The highest BCUT2D eigenvalue weighted by molar-refractivity contribution is 5.91. The molecule has 1 aliphatic rings. The Morgan fingerprint density at radius 1 is 1.59 bits per heavy atom. The summed E-state index contributed by atoms with van der Waals surface area (Å²) in [6.45, 7) is 4.10. The maximum Gasteiger partial charge on any atom is 0.228 e. The molecule has 2 rings (SSSR count). The average Bonchev–Trinajstić information content (AvgIpc) is 2.86. The minimum atomic E-state index is 0.0481. The van der Waals surface area contributed by atoms with Gasteiger partial charge in [0.25, 0.3) is 0 Å². The summed E-state index contributed by atoms with van der Waals surface area (Å²) in [4.78, 5) is 11.9. The molecule has 17 heavy (non-hydrogen) atoms. The molecule has 1 aromatic rings. The Morgan fingerprint density at radius 3 is 2.88 bits per heavy atom. The number of aromatic nitrogens is 2. The molecule has 5 nitrogen and oxygen atoms in total. The Hall–Kier alpha value is -1.36. The van der Waals surface area contributed by atoms with Crippen molar-refractivity contribution in [2.75, 3.05) is 5.32 Å². The van der Waals surface area contributed by atoms with E-state index in [0.29, 0.717) is 11.9 Å². The van der Waals surface area contributed by atoms with E-state index in [1.807, 2.05) is 16.9 Å². The minimum absolute atomic E-state index is 0.0481. The van der Waals surface area contributed by atoms with Crippen LogP contribution in [0.1, 0.15) is 39.2 Å². The van der Waals surface area contributed by atoms with Crippen LogP contribution in [0.3, 0.4) is 0 Å². The molecule has 0 aromatic carbocycles. The standard InChI is InChI=1S/C12H20N4O/c1-8(2)16-6-5-11(15-16)14-12(17)9-3-4-10(13)7-9/h5-6,8-10H,3-4,7,13H2,1-2H3,(H,14,15,17). The van der Waals surface area contributed by atoms with Crippen molar-refractivity contribution in [3.8, 4) is 0 Å². The summed E-state index contributed by atoms with van der Waals surface area (Å²) >= 11 is 0. The fraction of sp³-hybridized carbons (Fsp3) is 0.667. The first-order valence-electron chi connectivity index (χ1n) is 6.18. The zero-order valence-corrected chi connectivity index (χ0v) is 10.4. The average molecular weight is 236 g/mol. The second kappa shape index (κ2) is 4.87. The number of carbonyl (C=O) groups is 1. The minimum Gasteiger partial charge on any atom is -0.328 e. The number of amides is 1. The molecule has 0 saturated heterocycles. The molecule has 1 fully saturated rings. The quantitative estimate of drug-likeness (QED) is 0.836. The molecule has 1 amide bonds. The van der Waals surface area contributed by atoms with Crippen LogP contribution in [0, 0.1) is 5.92 Å². The smallest absolute Gasteiger partial charge is 0.228 e. The Kier molecular flexibility index (Phi) is 3.47. The number of nitrogens with one attached hydrogen (secondary N) is 1. The highest BCUT2D eigenvalue weighted by atomic mass is 16.2. The Balaban J connectivity index is 1.93. The third-order valence-electron chi connectivity index (χ3n) is 3.23. The molecule has 3 N–H and O–H groups in total. The summed E-state index contributed by atoms with van der Waals surface area (Å²) in [7, 11) is 0. The first-order valence-corrected chi connectivity index (χ1v) is 6.18. The van der Waals surface area contributed by atoms with Crippen LogP contribution in [0.5, 0.6) is 0 Å². The first kappa shape index (κ1) is 12.1. The van der Waals surface area contributed by atoms with Gasteiger partial charge in [-0.05, 0) is 33.1 Å². The van der Waals surface area contributed by atoms with Crippen molar-refractivity contribution in [2.45, 2.75) is 45.2 Å². The third kappa shape index (κ3) is 2.85. The van der Waals surface area contributed by atoms with Gasteiger partial charge in [0, 0.05) is 30.3 Å². The van der Waals surface area contributed by atoms with Gasteiger partial charge in [-0.2, -0.15) is 5.10 Å². The van der Waals surface area contributed by atoms with Gasteiger partial charge in [-0.1, -0.05) is 0 Å². The number of nitrogens with zero attached hydrogens (tertiary/aromatic N) is 2. The molecular weight excluding hydrogens is 216 g/mol. The molecule has 1 aliphatic carbocycles. The van der Waals surface area contributed by atoms with Crippen molar-refractivity contribution in [3.05, 3.63) is 12.3 Å². The van der Waals surface area contributed by atoms with Gasteiger partial charge in [0.05, 0.1) is 0 Å². The van der Waals surface area contributed by atoms with Crippen molar-refractivity contribution in [1.82, 2.24) is 9.78 Å². The van der Waals surface area contributed by atoms with Crippen molar-refractivity contribution in [2.24, 2.45) is 11.7 Å². The zero-order valence-electron chi connectivity index (χ0n) is 10.4. The topological polar surface area (TPSA) is 72.9 Å². The van der Waals surface area contributed by atoms with Crippen LogP contribution >= 0.6 is 0 Å². The monoisotopic (exact) mass is 236 g/mol. The lowest BCUT2D eigenvalue weighted by Crippen LogP contribution is -2.23. The fourth-order valence-electron chi connectivity index (χ4n) is 2.18. The Morgan fingerprint density at radius 2 is 2.35 bits per heavy atom. The van der Waals surface area contributed by atoms with Crippen LogP contribution in [0.25, 0.3) is 0 Å². The zero-order chi connectivity index (χ0) is 12.4. The van der Waals surface area contributed by atoms with Gasteiger partial charge in [-0.15, -0.1) is 0 Å². The number of anilines is 1. The largest absolute Gasteiger partial charge is 0.328 e. The maximum absolute atomic E-state index is 11.9. The molecule has 1 saturated carbocycles. The highest BCUT2D eigenvalue weighted by Gasteiger charge is 2.28. The van der Waals surface area contributed by atoms with E-state index in [1.54, 1.807) is 0 Å². The van der Waals surface area contributed by atoms with E-state index in [0.717, 1.165) is 19.3 Å². The van der Waals surface area contributed by atoms with Crippen LogP contribution in [0.4, 0.5) is 5.82 Å². The summed E-state index contributed by atoms with van der Waals surface area (Å²) in [5, 5.41) is 7.15. The lowest BCUT2D eigenvalue weighted by molar-refractivity contribution is -0.119. The molecular formula is C12H20N4O. The molecule has 1 heterocycles. The van der Waals surface area contributed by atoms with E-state index in [1.165, 1.54) is 0 Å². The Labute approximate surface area is 101 Å². The van der Waals surface area contributed by atoms with Crippen LogP contribution in [0.15, 0.2) is 12.3 Å².